The molecule has 2 aliphatic carbocycles. The van der Waals surface area contributed by atoms with Crippen molar-refractivity contribution in [3.63, 3.8) is 0 Å². The van der Waals surface area contributed by atoms with Gasteiger partial charge in [0, 0.05) is 39.1 Å². The van der Waals surface area contributed by atoms with Crippen molar-refractivity contribution in [2.45, 2.75) is 5.41 Å². The summed E-state index contributed by atoms with van der Waals surface area (Å²) in [6, 6.07) is 80.4. The normalized spacial score (nSPS) is 13.1. The summed E-state index contributed by atoms with van der Waals surface area (Å²) in [5, 5.41) is 2.53. The first-order chi connectivity index (χ1) is 28.3. The highest BCUT2D eigenvalue weighted by Gasteiger charge is 2.52. The van der Waals surface area contributed by atoms with Crippen LogP contribution < -0.4 is 4.90 Å². The smallest absolute Gasteiger partial charge is 0.0727 e. The van der Waals surface area contributed by atoms with Crippen molar-refractivity contribution in [1.82, 2.24) is 4.57 Å². The Balaban J connectivity index is 1.18. The first-order valence-electron chi connectivity index (χ1n) is 19.8. The van der Waals surface area contributed by atoms with E-state index in [1.807, 2.05) is 0 Å². The third-order valence-corrected chi connectivity index (χ3v) is 12.4. The van der Waals surface area contributed by atoms with Crippen molar-refractivity contribution in [2.75, 3.05) is 4.90 Å². The molecular weight excluding hydrogens is 689 g/mol. The number of hydrogen-bond donors (Lipinski definition) is 0. The third kappa shape index (κ3) is 4.47. The van der Waals surface area contributed by atoms with Crippen LogP contribution in [0, 0.1) is 0 Å². The van der Waals surface area contributed by atoms with E-state index in [4.69, 9.17) is 0 Å². The molecule has 1 heterocycles. The Kier molecular flexibility index (Phi) is 6.88. The Morgan fingerprint density at radius 1 is 0.351 bits per heavy atom. The van der Waals surface area contributed by atoms with E-state index < -0.39 is 5.41 Å². The van der Waals surface area contributed by atoms with Gasteiger partial charge in [0.05, 0.1) is 16.4 Å². The lowest BCUT2D eigenvalue weighted by molar-refractivity contribution is 0.794. The van der Waals surface area contributed by atoms with Crippen LogP contribution in [0.2, 0.25) is 0 Å². The lowest BCUT2D eigenvalue weighted by Crippen LogP contribution is -2.26. The standard InChI is InChI=1S/C55H36N2/c1-4-16-37(17-5-1)38-28-30-41(31-29-38)56(39-18-6-2-7-19-39)42-32-33-47-51(36-42)55(48-25-13-10-22-43(48)44-23-11-14-26-49(44)55)50-35-34-46-45-24-12-15-27-52(45)57(54(46)53(47)50)40-20-8-3-9-21-40/h1-36H. The minimum atomic E-state index is -0.514. The van der Waals surface area contributed by atoms with E-state index in [1.165, 1.54) is 77.4 Å². The van der Waals surface area contributed by atoms with Crippen LogP contribution in [0.1, 0.15) is 22.3 Å². The number of para-hydroxylation sites is 3. The Morgan fingerprint density at radius 3 is 1.63 bits per heavy atom. The predicted octanol–water partition coefficient (Wildman–Crippen LogP) is 14.3. The van der Waals surface area contributed by atoms with E-state index in [9.17, 15) is 0 Å². The SMILES string of the molecule is c1ccc(-c2ccc(N(c3ccccc3)c3ccc4c(c3)C3(c5ccccc5-c5ccccc53)c3ccc5c6ccccc6n(-c6ccccc6)c5c3-4)cc2)cc1. The molecule has 0 fully saturated rings. The summed E-state index contributed by atoms with van der Waals surface area (Å²) >= 11 is 0. The molecule has 0 unspecified atom stereocenters. The summed E-state index contributed by atoms with van der Waals surface area (Å²) in [5.41, 5.74) is 19.4. The van der Waals surface area contributed by atoms with Crippen molar-refractivity contribution in [3.8, 4) is 39.1 Å². The van der Waals surface area contributed by atoms with Crippen molar-refractivity contribution >= 4 is 38.9 Å². The van der Waals surface area contributed by atoms with E-state index in [-0.39, 0.29) is 0 Å². The van der Waals surface area contributed by atoms with E-state index in [2.05, 4.69) is 228 Å². The maximum absolute atomic E-state index is 2.50. The van der Waals surface area contributed by atoms with Gasteiger partial charge in [-0.15, -0.1) is 0 Å². The number of nitrogens with zero attached hydrogens (tertiary/aromatic N) is 2. The minimum Gasteiger partial charge on any atom is -0.310 e. The quantitative estimate of drug-likeness (QED) is 0.172. The number of hydrogen-bond acceptors (Lipinski definition) is 1. The minimum absolute atomic E-state index is 0.514. The zero-order valence-electron chi connectivity index (χ0n) is 31.2. The largest absolute Gasteiger partial charge is 0.310 e. The fourth-order valence-corrected chi connectivity index (χ4v) is 10.1. The number of anilines is 3. The second kappa shape index (κ2) is 12.3. The van der Waals surface area contributed by atoms with Crippen LogP contribution in [-0.2, 0) is 5.41 Å². The highest BCUT2D eigenvalue weighted by atomic mass is 15.1. The van der Waals surface area contributed by atoms with Crippen molar-refractivity contribution in [1.29, 1.82) is 0 Å². The van der Waals surface area contributed by atoms with Crippen LogP contribution in [0.25, 0.3) is 60.9 Å². The van der Waals surface area contributed by atoms with Crippen molar-refractivity contribution < 1.29 is 0 Å². The molecule has 0 N–H and O–H groups in total. The molecule has 2 aliphatic rings. The van der Waals surface area contributed by atoms with Gasteiger partial charge < -0.3 is 9.47 Å². The maximum Gasteiger partial charge on any atom is 0.0727 e. The molecule has 0 atom stereocenters. The van der Waals surface area contributed by atoms with Gasteiger partial charge >= 0.3 is 0 Å². The molecular formula is C55H36N2. The number of fused-ring (bicyclic) bond motifs is 14. The Bertz CT molecular complexity index is 3110. The lowest BCUT2D eigenvalue weighted by Gasteiger charge is -2.32. The fourth-order valence-electron chi connectivity index (χ4n) is 10.1. The van der Waals surface area contributed by atoms with Crippen LogP contribution in [-0.4, -0.2) is 4.57 Å². The molecule has 0 radical (unpaired) electrons. The highest BCUT2D eigenvalue weighted by molar-refractivity contribution is 6.16. The maximum atomic E-state index is 2.50. The molecule has 266 valence electrons. The van der Waals surface area contributed by atoms with Gasteiger partial charge in [-0.1, -0.05) is 164 Å². The molecule has 0 bridgehead atoms. The Morgan fingerprint density at radius 2 is 0.912 bits per heavy atom. The summed E-state index contributed by atoms with van der Waals surface area (Å²) < 4.78 is 2.50. The zero-order chi connectivity index (χ0) is 37.5. The average molecular weight is 725 g/mol. The zero-order valence-corrected chi connectivity index (χ0v) is 31.2. The molecule has 9 aromatic carbocycles. The number of aromatic nitrogens is 1. The number of benzene rings is 9. The lowest BCUT2D eigenvalue weighted by atomic mass is 9.70. The second-order valence-electron chi connectivity index (χ2n) is 15.2. The van der Waals surface area contributed by atoms with E-state index in [0.717, 1.165) is 22.7 Å². The molecule has 57 heavy (non-hydrogen) atoms. The second-order valence-corrected chi connectivity index (χ2v) is 15.2. The van der Waals surface area contributed by atoms with Crippen molar-refractivity contribution in [2.24, 2.45) is 0 Å². The molecule has 0 aliphatic heterocycles. The summed E-state index contributed by atoms with van der Waals surface area (Å²) in [7, 11) is 0. The van der Waals surface area contributed by atoms with Crippen molar-refractivity contribution in [3.05, 3.63) is 241 Å². The van der Waals surface area contributed by atoms with Gasteiger partial charge in [0.2, 0.25) is 0 Å². The molecule has 2 nitrogen and oxygen atoms in total. The molecule has 0 saturated carbocycles. The Labute approximate surface area is 332 Å². The highest BCUT2D eigenvalue weighted by Crippen LogP contribution is 2.64. The van der Waals surface area contributed by atoms with Gasteiger partial charge in [-0.05, 0) is 105 Å². The first kappa shape index (κ1) is 31.9. The summed E-state index contributed by atoms with van der Waals surface area (Å²) in [5.74, 6) is 0. The Hall–Kier alpha value is -7.42. The molecule has 2 heteroatoms. The van der Waals surface area contributed by atoms with Crippen LogP contribution in [0.15, 0.2) is 218 Å². The van der Waals surface area contributed by atoms with Gasteiger partial charge in [-0.3, -0.25) is 0 Å². The molecule has 0 saturated heterocycles. The fraction of sp³-hybridized carbons (Fsp3) is 0.0182. The molecule has 0 amide bonds. The van der Waals surface area contributed by atoms with Gasteiger partial charge in [-0.25, -0.2) is 0 Å². The van der Waals surface area contributed by atoms with Gasteiger partial charge in [0.15, 0.2) is 0 Å². The van der Waals surface area contributed by atoms with E-state index in [0.29, 0.717) is 0 Å². The summed E-state index contributed by atoms with van der Waals surface area (Å²) in [6.07, 6.45) is 0. The number of rotatable bonds is 5. The molecule has 1 spiro atoms. The van der Waals surface area contributed by atoms with Crippen LogP contribution in [0.5, 0.6) is 0 Å². The van der Waals surface area contributed by atoms with Crippen LogP contribution in [0.4, 0.5) is 17.1 Å². The predicted molar refractivity (Wildman–Crippen MR) is 237 cm³/mol. The van der Waals surface area contributed by atoms with E-state index in [1.54, 1.807) is 0 Å². The monoisotopic (exact) mass is 724 g/mol. The first-order valence-corrected chi connectivity index (χ1v) is 19.8. The molecule has 10 aromatic rings. The average Bonchev–Trinajstić information content (AvgIpc) is 3.89. The summed E-state index contributed by atoms with van der Waals surface area (Å²) in [6.45, 7) is 0. The van der Waals surface area contributed by atoms with Gasteiger partial charge in [0.25, 0.3) is 0 Å². The molecule has 1 aromatic heterocycles. The third-order valence-electron chi connectivity index (χ3n) is 12.4. The molecule has 12 rings (SSSR count). The van der Waals surface area contributed by atoms with Crippen LogP contribution >= 0.6 is 0 Å². The van der Waals surface area contributed by atoms with Gasteiger partial charge in [0.1, 0.15) is 0 Å². The van der Waals surface area contributed by atoms with Gasteiger partial charge in [-0.2, -0.15) is 0 Å². The van der Waals surface area contributed by atoms with E-state index >= 15 is 0 Å². The topological polar surface area (TPSA) is 8.17 Å². The summed E-state index contributed by atoms with van der Waals surface area (Å²) in [4.78, 5) is 2.41. The van der Waals surface area contributed by atoms with Crippen LogP contribution in [0.3, 0.4) is 0 Å².